The molecule has 1 aromatic carbocycles. The van der Waals surface area contributed by atoms with E-state index in [1.807, 2.05) is 0 Å². The number of rotatable bonds is 6. The molecule has 96 valence electrons. The predicted octanol–water partition coefficient (Wildman–Crippen LogP) is 4.41. The predicted molar refractivity (Wildman–Crippen MR) is 79.4 cm³/mol. The Kier molecular flexibility index (Phi) is 5.68. The molecular formula is C15H24BrN. The summed E-state index contributed by atoms with van der Waals surface area (Å²) in [5, 5.41) is 3.63. The van der Waals surface area contributed by atoms with Crippen LogP contribution in [0.1, 0.15) is 39.7 Å². The number of hydrogen-bond donors (Lipinski definition) is 1. The molecule has 0 bridgehead atoms. The van der Waals surface area contributed by atoms with Crippen LogP contribution in [0.4, 0.5) is 0 Å². The molecule has 0 saturated carbocycles. The highest BCUT2D eigenvalue weighted by Gasteiger charge is 2.26. The quantitative estimate of drug-likeness (QED) is 0.820. The summed E-state index contributed by atoms with van der Waals surface area (Å²) in [5.74, 6) is 0. The third kappa shape index (κ3) is 4.44. The molecule has 0 radical (unpaired) electrons. The van der Waals surface area contributed by atoms with Crippen molar-refractivity contribution in [3.05, 3.63) is 34.3 Å². The van der Waals surface area contributed by atoms with Crippen molar-refractivity contribution in [1.82, 2.24) is 5.32 Å². The molecule has 1 nitrogen and oxygen atoms in total. The van der Waals surface area contributed by atoms with Gasteiger partial charge in [-0.15, -0.1) is 0 Å². The van der Waals surface area contributed by atoms with Gasteiger partial charge in [-0.1, -0.05) is 55.8 Å². The summed E-state index contributed by atoms with van der Waals surface area (Å²) in [4.78, 5) is 0. The molecule has 0 aliphatic carbocycles. The van der Waals surface area contributed by atoms with E-state index in [9.17, 15) is 0 Å². The summed E-state index contributed by atoms with van der Waals surface area (Å²) in [7, 11) is 0. The van der Waals surface area contributed by atoms with Gasteiger partial charge in [-0.3, -0.25) is 0 Å². The van der Waals surface area contributed by atoms with E-state index < -0.39 is 0 Å². The van der Waals surface area contributed by atoms with E-state index >= 15 is 0 Å². The van der Waals surface area contributed by atoms with Crippen molar-refractivity contribution in [1.29, 1.82) is 0 Å². The fourth-order valence-corrected chi connectivity index (χ4v) is 2.46. The Labute approximate surface area is 114 Å². The normalized spacial score (nSPS) is 13.7. The Hall–Kier alpha value is -0.340. The minimum absolute atomic E-state index is 0.332. The van der Waals surface area contributed by atoms with E-state index in [0.717, 1.165) is 13.0 Å². The maximum absolute atomic E-state index is 3.63. The van der Waals surface area contributed by atoms with Crippen molar-refractivity contribution in [3.8, 4) is 0 Å². The average Bonchev–Trinajstić information content (AvgIpc) is 2.28. The Balaban J connectivity index is 2.80. The molecule has 0 amide bonds. The molecule has 1 atom stereocenters. The SMILES string of the molecule is CCNC(Cc1cccc(Br)c1)C(C)(C)CC. The molecule has 17 heavy (non-hydrogen) atoms. The first-order valence-electron chi connectivity index (χ1n) is 6.47. The number of hydrogen-bond acceptors (Lipinski definition) is 1. The summed E-state index contributed by atoms with van der Waals surface area (Å²) in [5.41, 5.74) is 1.73. The minimum atomic E-state index is 0.332. The first-order chi connectivity index (χ1) is 7.99. The first-order valence-corrected chi connectivity index (χ1v) is 7.26. The maximum Gasteiger partial charge on any atom is 0.0178 e. The molecular weight excluding hydrogens is 274 g/mol. The highest BCUT2D eigenvalue weighted by molar-refractivity contribution is 9.10. The van der Waals surface area contributed by atoms with Gasteiger partial charge in [-0.25, -0.2) is 0 Å². The van der Waals surface area contributed by atoms with Crippen molar-refractivity contribution < 1.29 is 0 Å². The van der Waals surface area contributed by atoms with Crippen LogP contribution >= 0.6 is 15.9 Å². The van der Waals surface area contributed by atoms with Gasteiger partial charge in [0, 0.05) is 10.5 Å². The van der Waals surface area contributed by atoms with Gasteiger partial charge in [0.1, 0.15) is 0 Å². The van der Waals surface area contributed by atoms with Crippen LogP contribution in [0.3, 0.4) is 0 Å². The van der Waals surface area contributed by atoms with Crippen molar-refractivity contribution >= 4 is 15.9 Å². The number of nitrogens with one attached hydrogen (secondary N) is 1. The third-order valence-corrected chi connectivity index (χ3v) is 4.13. The van der Waals surface area contributed by atoms with E-state index in [1.165, 1.54) is 16.5 Å². The standard InChI is InChI=1S/C15H24BrN/c1-5-15(3,4)14(17-6-2)11-12-8-7-9-13(16)10-12/h7-10,14,17H,5-6,11H2,1-4H3. The maximum atomic E-state index is 3.63. The van der Waals surface area contributed by atoms with Gasteiger partial charge in [0.2, 0.25) is 0 Å². The van der Waals surface area contributed by atoms with Crippen molar-refractivity contribution in [3.63, 3.8) is 0 Å². The number of halogens is 1. The van der Waals surface area contributed by atoms with Crippen LogP contribution in [-0.2, 0) is 6.42 Å². The number of benzene rings is 1. The van der Waals surface area contributed by atoms with Crippen LogP contribution in [0.15, 0.2) is 28.7 Å². The lowest BCUT2D eigenvalue weighted by Gasteiger charge is -2.34. The third-order valence-electron chi connectivity index (χ3n) is 3.63. The highest BCUT2D eigenvalue weighted by atomic mass is 79.9. The molecule has 1 unspecified atom stereocenters. The molecule has 0 saturated heterocycles. The van der Waals surface area contributed by atoms with Gasteiger partial charge in [-0.2, -0.15) is 0 Å². The minimum Gasteiger partial charge on any atom is -0.313 e. The molecule has 0 aliphatic rings. The van der Waals surface area contributed by atoms with E-state index in [2.05, 4.69) is 73.2 Å². The molecule has 0 fully saturated rings. The monoisotopic (exact) mass is 297 g/mol. The highest BCUT2D eigenvalue weighted by Crippen LogP contribution is 2.27. The van der Waals surface area contributed by atoms with Crippen molar-refractivity contribution in [2.24, 2.45) is 5.41 Å². The molecule has 1 aromatic rings. The van der Waals surface area contributed by atoms with Gasteiger partial charge in [0.05, 0.1) is 0 Å². The van der Waals surface area contributed by atoms with Gasteiger partial charge < -0.3 is 5.32 Å². The first kappa shape index (κ1) is 14.7. The van der Waals surface area contributed by atoms with Gasteiger partial charge in [0.25, 0.3) is 0 Å². The van der Waals surface area contributed by atoms with Crippen molar-refractivity contribution in [2.45, 2.75) is 46.6 Å². The lowest BCUT2D eigenvalue weighted by atomic mass is 9.79. The second-order valence-electron chi connectivity index (χ2n) is 5.29. The zero-order chi connectivity index (χ0) is 12.9. The van der Waals surface area contributed by atoms with Crippen LogP contribution in [0.2, 0.25) is 0 Å². The van der Waals surface area contributed by atoms with Crippen LogP contribution in [0.5, 0.6) is 0 Å². The van der Waals surface area contributed by atoms with Crippen molar-refractivity contribution in [2.75, 3.05) is 6.54 Å². The van der Waals surface area contributed by atoms with Crippen LogP contribution in [-0.4, -0.2) is 12.6 Å². The summed E-state index contributed by atoms with van der Waals surface area (Å²) < 4.78 is 1.17. The largest absolute Gasteiger partial charge is 0.313 e. The zero-order valence-corrected chi connectivity index (χ0v) is 13.0. The second-order valence-corrected chi connectivity index (χ2v) is 6.20. The molecule has 0 aliphatic heterocycles. The zero-order valence-electron chi connectivity index (χ0n) is 11.4. The molecule has 0 aromatic heterocycles. The lowest BCUT2D eigenvalue weighted by Crippen LogP contribution is -2.43. The van der Waals surface area contributed by atoms with E-state index in [4.69, 9.17) is 0 Å². The fraction of sp³-hybridized carbons (Fsp3) is 0.600. The Bertz CT molecular complexity index is 347. The Morgan fingerprint density at radius 2 is 2.00 bits per heavy atom. The molecule has 1 rings (SSSR count). The summed E-state index contributed by atoms with van der Waals surface area (Å²) in [6.07, 6.45) is 2.28. The summed E-state index contributed by atoms with van der Waals surface area (Å²) >= 11 is 3.54. The Morgan fingerprint density at radius 1 is 1.29 bits per heavy atom. The van der Waals surface area contributed by atoms with E-state index in [0.29, 0.717) is 11.5 Å². The molecule has 1 N–H and O–H groups in total. The van der Waals surface area contributed by atoms with Crippen LogP contribution in [0.25, 0.3) is 0 Å². The molecule has 2 heteroatoms. The van der Waals surface area contributed by atoms with Crippen LogP contribution in [0, 0.1) is 5.41 Å². The van der Waals surface area contributed by atoms with E-state index in [-0.39, 0.29) is 0 Å². The average molecular weight is 298 g/mol. The summed E-state index contributed by atoms with van der Waals surface area (Å²) in [6, 6.07) is 9.15. The second kappa shape index (κ2) is 6.55. The smallest absolute Gasteiger partial charge is 0.0178 e. The number of likely N-dealkylation sites (N-methyl/N-ethyl adjacent to an activating group) is 1. The topological polar surface area (TPSA) is 12.0 Å². The molecule has 0 heterocycles. The van der Waals surface area contributed by atoms with Gasteiger partial charge in [-0.05, 0) is 42.5 Å². The Morgan fingerprint density at radius 3 is 2.53 bits per heavy atom. The molecule has 0 spiro atoms. The van der Waals surface area contributed by atoms with Crippen LogP contribution < -0.4 is 5.32 Å². The fourth-order valence-electron chi connectivity index (χ4n) is 2.02. The summed E-state index contributed by atoms with van der Waals surface area (Å²) in [6.45, 7) is 10.2. The van der Waals surface area contributed by atoms with Gasteiger partial charge in [0.15, 0.2) is 0 Å². The van der Waals surface area contributed by atoms with Gasteiger partial charge >= 0.3 is 0 Å². The lowest BCUT2D eigenvalue weighted by molar-refractivity contribution is 0.232. The van der Waals surface area contributed by atoms with E-state index in [1.54, 1.807) is 0 Å².